The van der Waals surface area contributed by atoms with E-state index in [0.717, 1.165) is 41.9 Å². The fraction of sp³-hybridized carbons (Fsp3) is 0.333. The summed E-state index contributed by atoms with van der Waals surface area (Å²) in [4.78, 5) is 8.91. The summed E-state index contributed by atoms with van der Waals surface area (Å²) >= 11 is 3.44. The van der Waals surface area contributed by atoms with E-state index in [0.29, 0.717) is 0 Å². The first-order valence-corrected chi connectivity index (χ1v) is 7.33. The second kappa shape index (κ2) is 7.36. The lowest BCUT2D eigenvalue weighted by atomic mass is 10.1. The first kappa shape index (κ1) is 14.2. The molecule has 19 heavy (non-hydrogen) atoms. The van der Waals surface area contributed by atoms with Gasteiger partial charge in [-0.3, -0.25) is 0 Å². The molecule has 1 heterocycles. The predicted octanol–water partition coefficient (Wildman–Crippen LogP) is 3.33. The van der Waals surface area contributed by atoms with Crippen molar-refractivity contribution in [1.29, 1.82) is 0 Å². The molecule has 0 aliphatic rings. The number of halogens is 1. The van der Waals surface area contributed by atoms with Crippen LogP contribution in [0, 0.1) is 0 Å². The minimum Gasteiger partial charge on any atom is -0.311 e. The third-order valence-corrected chi connectivity index (χ3v) is 3.30. The van der Waals surface area contributed by atoms with Crippen LogP contribution in [0.25, 0.3) is 0 Å². The maximum Gasteiger partial charge on any atom is 0.132 e. The Balaban J connectivity index is 2.00. The summed E-state index contributed by atoms with van der Waals surface area (Å²) in [6.45, 7) is 3.99. The van der Waals surface area contributed by atoms with Crippen LogP contribution in [-0.4, -0.2) is 16.5 Å². The molecule has 0 saturated heterocycles. The average Bonchev–Trinajstić information content (AvgIpc) is 2.42. The Morgan fingerprint density at radius 2 is 1.95 bits per heavy atom. The highest BCUT2D eigenvalue weighted by atomic mass is 79.9. The molecule has 0 radical (unpaired) electrons. The molecule has 0 fully saturated rings. The van der Waals surface area contributed by atoms with Crippen molar-refractivity contribution in [2.45, 2.75) is 26.3 Å². The first-order valence-electron chi connectivity index (χ1n) is 6.54. The van der Waals surface area contributed by atoms with Crippen molar-refractivity contribution < 1.29 is 0 Å². The number of nitrogens with zero attached hydrogens (tertiary/aromatic N) is 2. The molecule has 1 aromatic heterocycles. The van der Waals surface area contributed by atoms with Gasteiger partial charge in [0.15, 0.2) is 0 Å². The SMILES string of the molecule is CCCNCc1ccnc(Cc2ccc(Br)cc2)n1. The van der Waals surface area contributed by atoms with Crippen molar-refractivity contribution in [2.24, 2.45) is 0 Å². The molecular formula is C15H18BrN3. The van der Waals surface area contributed by atoms with Crippen LogP contribution in [0.1, 0.15) is 30.4 Å². The van der Waals surface area contributed by atoms with Crippen LogP contribution >= 0.6 is 15.9 Å². The van der Waals surface area contributed by atoms with Crippen LogP contribution in [0.4, 0.5) is 0 Å². The molecule has 0 aliphatic carbocycles. The molecule has 2 rings (SSSR count). The lowest BCUT2D eigenvalue weighted by Crippen LogP contribution is -2.15. The van der Waals surface area contributed by atoms with Crippen molar-refractivity contribution in [3.8, 4) is 0 Å². The number of hydrogen-bond acceptors (Lipinski definition) is 3. The zero-order valence-electron chi connectivity index (χ0n) is 11.1. The van der Waals surface area contributed by atoms with Crippen LogP contribution in [0.2, 0.25) is 0 Å². The van der Waals surface area contributed by atoms with E-state index in [1.807, 2.05) is 24.4 Å². The molecule has 0 aliphatic heterocycles. The van der Waals surface area contributed by atoms with Crippen LogP contribution in [0.15, 0.2) is 41.0 Å². The largest absolute Gasteiger partial charge is 0.311 e. The summed E-state index contributed by atoms with van der Waals surface area (Å²) in [5.41, 5.74) is 2.28. The Hall–Kier alpha value is -1.26. The van der Waals surface area contributed by atoms with E-state index in [-0.39, 0.29) is 0 Å². The predicted molar refractivity (Wildman–Crippen MR) is 81.0 cm³/mol. The van der Waals surface area contributed by atoms with Gasteiger partial charge in [-0.25, -0.2) is 9.97 Å². The topological polar surface area (TPSA) is 37.8 Å². The van der Waals surface area contributed by atoms with E-state index in [1.54, 1.807) is 0 Å². The molecule has 0 atom stereocenters. The maximum absolute atomic E-state index is 4.58. The number of aromatic nitrogens is 2. The standard InChI is InChI=1S/C15H18BrN3/c1-2-8-17-11-14-7-9-18-15(19-14)10-12-3-5-13(16)6-4-12/h3-7,9,17H,2,8,10-11H2,1H3. The van der Waals surface area contributed by atoms with Gasteiger partial charge in [-0.05, 0) is 36.7 Å². The normalized spacial score (nSPS) is 10.6. The number of benzene rings is 1. The van der Waals surface area contributed by atoms with Gasteiger partial charge < -0.3 is 5.32 Å². The van der Waals surface area contributed by atoms with Gasteiger partial charge in [0.1, 0.15) is 5.82 Å². The monoisotopic (exact) mass is 319 g/mol. The Labute approximate surface area is 122 Å². The van der Waals surface area contributed by atoms with E-state index in [2.05, 4.69) is 50.3 Å². The third kappa shape index (κ3) is 4.73. The first-order chi connectivity index (χ1) is 9.28. The second-order valence-electron chi connectivity index (χ2n) is 4.44. The highest BCUT2D eigenvalue weighted by Gasteiger charge is 2.01. The van der Waals surface area contributed by atoms with Gasteiger partial charge in [0.2, 0.25) is 0 Å². The van der Waals surface area contributed by atoms with Crippen LogP contribution in [0.3, 0.4) is 0 Å². The molecular weight excluding hydrogens is 302 g/mol. The average molecular weight is 320 g/mol. The van der Waals surface area contributed by atoms with Gasteiger partial charge in [0.05, 0.1) is 5.69 Å². The van der Waals surface area contributed by atoms with E-state index in [9.17, 15) is 0 Å². The lowest BCUT2D eigenvalue weighted by Gasteiger charge is -2.05. The van der Waals surface area contributed by atoms with Gasteiger partial charge in [-0.2, -0.15) is 0 Å². The second-order valence-corrected chi connectivity index (χ2v) is 5.36. The van der Waals surface area contributed by atoms with E-state index >= 15 is 0 Å². The quantitative estimate of drug-likeness (QED) is 0.830. The van der Waals surface area contributed by atoms with Crippen molar-refractivity contribution in [3.63, 3.8) is 0 Å². The minimum absolute atomic E-state index is 0.773. The van der Waals surface area contributed by atoms with E-state index in [1.165, 1.54) is 5.56 Å². The maximum atomic E-state index is 4.58. The van der Waals surface area contributed by atoms with Crippen LogP contribution < -0.4 is 5.32 Å². The van der Waals surface area contributed by atoms with Crippen LogP contribution in [-0.2, 0) is 13.0 Å². The lowest BCUT2D eigenvalue weighted by molar-refractivity contribution is 0.659. The number of hydrogen-bond donors (Lipinski definition) is 1. The zero-order chi connectivity index (χ0) is 13.5. The van der Waals surface area contributed by atoms with Crippen molar-refractivity contribution >= 4 is 15.9 Å². The van der Waals surface area contributed by atoms with Gasteiger partial charge >= 0.3 is 0 Å². The van der Waals surface area contributed by atoms with Crippen LogP contribution in [0.5, 0.6) is 0 Å². The highest BCUT2D eigenvalue weighted by Crippen LogP contribution is 2.12. The van der Waals surface area contributed by atoms with Gasteiger partial charge in [0.25, 0.3) is 0 Å². The Bertz CT molecular complexity index is 511. The summed E-state index contributed by atoms with van der Waals surface area (Å²) < 4.78 is 1.09. The van der Waals surface area contributed by atoms with Gasteiger partial charge in [-0.1, -0.05) is 35.0 Å². The molecule has 1 N–H and O–H groups in total. The van der Waals surface area contributed by atoms with E-state index in [4.69, 9.17) is 0 Å². The highest BCUT2D eigenvalue weighted by molar-refractivity contribution is 9.10. The fourth-order valence-electron chi connectivity index (χ4n) is 1.80. The molecule has 0 amide bonds. The molecule has 1 aromatic carbocycles. The Kier molecular flexibility index (Phi) is 5.48. The summed E-state index contributed by atoms with van der Waals surface area (Å²) in [5.74, 6) is 0.873. The summed E-state index contributed by atoms with van der Waals surface area (Å²) in [6, 6.07) is 10.2. The molecule has 100 valence electrons. The molecule has 0 unspecified atom stereocenters. The summed E-state index contributed by atoms with van der Waals surface area (Å²) in [7, 11) is 0. The fourth-order valence-corrected chi connectivity index (χ4v) is 2.07. The molecule has 0 bridgehead atoms. The van der Waals surface area contributed by atoms with E-state index < -0.39 is 0 Å². The third-order valence-electron chi connectivity index (χ3n) is 2.77. The molecule has 0 spiro atoms. The molecule has 0 saturated carbocycles. The van der Waals surface area contributed by atoms with Crippen molar-refractivity contribution in [1.82, 2.24) is 15.3 Å². The smallest absolute Gasteiger partial charge is 0.132 e. The molecule has 2 aromatic rings. The minimum atomic E-state index is 0.773. The molecule has 4 heteroatoms. The Morgan fingerprint density at radius 1 is 1.16 bits per heavy atom. The van der Waals surface area contributed by atoms with Crippen molar-refractivity contribution in [3.05, 3.63) is 58.1 Å². The zero-order valence-corrected chi connectivity index (χ0v) is 12.7. The van der Waals surface area contributed by atoms with Gasteiger partial charge in [-0.15, -0.1) is 0 Å². The summed E-state index contributed by atoms with van der Waals surface area (Å²) in [6.07, 6.45) is 3.75. The van der Waals surface area contributed by atoms with Crippen molar-refractivity contribution in [2.75, 3.05) is 6.54 Å². The number of nitrogens with one attached hydrogen (secondary N) is 1. The Morgan fingerprint density at radius 3 is 2.68 bits per heavy atom. The molecule has 3 nitrogen and oxygen atoms in total. The number of rotatable bonds is 6. The summed E-state index contributed by atoms with van der Waals surface area (Å²) in [5, 5.41) is 3.35. The van der Waals surface area contributed by atoms with Gasteiger partial charge in [0, 0.05) is 23.6 Å².